The highest BCUT2D eigenvalue weighted by Gasteiger charge is 2.22. The van der Waals surface area contributed by atoms with Crippen LogP contribution in [-0.4, -0.2) is 23.4 Å². The van der Waals surface area contributed by atoms with Crippen molar-refractivity contribution in [1.29, 1.82) is 0 Å². The first-order valence-electron chi connectivity index (χ1n) is 6.41. The second-order valence-corrected chi connectivity index (χ2v) is 7.77. The van der Waals surface area contributed by atoms with Crippen molar-refractivity contribution in [3.8, 4) is 0 Å². The largest absolute Gasteiger partial charge is 0.242 e. The summed E-state index contributed by atoms with van der Waals surface area (Å²) in [6, 6.07) is 6.64. The predicted molar refractivity (Wildman–Crippen MR) is 86.9 cm³/mol. The highest BCUT2D eigenvalue weighted by Crippen LogP contribution is 2.19. The predicted octanol–water partition coefficient (Wildman–Crippen LogP) is 0.195. The third-order valence-corrected chi connectivity index (χ3v) is 5.38. The summed E-state index contributed by atoms with van der Waals surface area (Å²) < 4.78 is 27.4. The number of quaternary nitrogens is 1. The summed E-state index contributed by atoms with van der Waals surface area (Å²) in [6.45, 7) is 0.451. The number of nitrogens with two attached hydrogens (primary N) is 1. The van der Waals surface area contributed by atoms with Crippen LogP contribution < -0.4 is 10.9 Å². The Bertz CT molecular complexity index is 840. The van der Waals surface area contributed by atoms with Gasteiger partial charge in [-0.25, -0.2) is 24.0 Å². The molecule has 0 unspecified atom stereocenters. The Labute approximate surface area is 141 Å². The molecular formula is C13H13IN5O2S+. The normalized spacial score (nSPS) is 14.5. The van der Waals surface area contributed by atoms with Crippen molar-refractivity contribution in [2.24, 2.45) is 0 Å². The lowest BCUT2D eigenvalue weighted by molar-refractivity contribution is -0.660. The molecule has 0 amide bonds. The maximum absolute atomic E-state index is 12.5. The van der Waals surface area contributed by atoms with Gasteiger partial charge in [0, 0.05) is 15.8 Å². The number of hydrogen-bond acceptors (Lipinski definition) is 5. The van der Waals surface area contributed by atoms with E-state index in [2.05, 4.69) is 38.3 Å². The van der Waals surface area contributed by atoms with Gasteiger partial charge < -0.3 is 0 Å². The molecule has 0 saturated carbocycles. The molecule has 0 radical (unpaired) electrons. The molecule has 1 aliphatic heterocycles. The molecule has 0 spiro atoms. The van der Waals surface area contributed by atoms with Gasteiger partial charge in [-0.15, -0.1) is 5.10 Å². The number of benzene rings is 1. The zero-order chi connectivity index (χ0) is 15.6. The number of nitrogens with one attached hydrogen (secondary N) is 1. The van der Waals surface area contributed by atoms with E-state index in [0.29, 0.717) is 6.54 Å². The lowest BCUT2D eigenvalue weighted by Crippen LogP contribution is -2.91. The molecule has 114 valence electrons. The second kappa shape index (κ2) is 6.18. The Morgan fingerprint density at radius 2 is 2.05 bits per heavy atom. The van der Waals surface area contributed by atoms with Crippen molar-refractivity contribution in [1.82, 2.24) is 20.4 Å². The zero-order valence-electron chi connectivity index (χ0n) is 11.3. The van der Waals surface area contributed by atoms with Crippen LogP contribution >= 0.6 is 22.6 Å². The summed E-state index contributed by atoms with van der Waals surface area (Å²) in [5.41, 5.74) is 5.77. The van der Waals surface area contributed by atoms with E-state index < -0.39 is 9.84 Å². The minimum atomic E-state index is -3.63. The number of rotatable bonds is 4. The number of hydrogen-bond donors (Lipinski definition) is 2. The number of sulfone groups is 1. The van der Waals surface area contributed by atoms with Crippen molar-refractivity contribution in [3.63, 3.8) is 0 Å². The minimum Gasteiger partial charge on any atom is -0.242 e. The lowest BCUT2D eigenvalue weighted by Gasteiger charge is -2.06. The van der Waals surface area contributed by atoms with E-state index in [4.69, 9.17) is 0 Å². The van der Waals surface area contributed by atoms with E-state index in [1.54, 1.807) is 30.5 Å². The Kier molecular flexibility index (Phi) is 4.27. The molecule has 7 nitrogen and oxygen atoms in total. The second-order valence-electron chi connectivity index (χ2n) is 4.62. The Morgan fingerprint density at radius 1 is 1.27 bits per heavy atom. The molecule has 0 saturated heterocycles. The van der Waals surface area contributed by atoms with Crippen molar-refractivity contribution in [3.05, 3.63) is 58.1 Å². The van der Waals surface area contributed by atoms with Gasteiger partial charge in [-0.05, 0) is 52.9 Å². The van der Waals surface area contributed by atoms with Gasteiger partial charge in [0.25, 0.3) is 0 Å². The Hall–Kier alpha value is -1.72. The standard InChI is InChI=1S/C13H12IN5O2S/c14-10-3-5-12(6-4-10)22(20,21)13-9-19(18-17-13)8-11-2-1-7-15-16-11/h1-7,9,15-16H,8H2/p+1. The molecule has 1 aromatic heterocycles. The minimum absolute atomic E-state index is 0.0476. The fourth-order valence-corrected chi connectivity index (χ4v) is 3.43. The molecule has 3 N–H and O–H groups in total. The van der Waals surface area contributed by atoms with Crippen molar-refractivity contribution >= 4 is 32.4 Å². The fraction of sp³-hybridized carbons (Fsp3) is 0.0769. The highest BCUT2D eigenvalue weighted by molar-refractivity contribution is 14.1. The molecular weight excluding hydrogens is 417 g/mol. The summed E-state index contributed by atoms with van der Waals surface area (Å²) in [5, 5.41) is 7.64. The van der Waals surface area contributed by atoms with E-state index in [1.165, 1.54) is 10.9 Å². The Morgan fingerprint density at radius 3 is 2.73 bits per heavy atom. The van der Waals surface area contributed by atoms with Crippen LogP contribution in [0, 0.1) is 3.57 Å². The van der Waals surface area contributed by atoms with Crippen molar-refractivity contribution in [2.45, 2.75) is 16.5 Å². The van der Waals surface area contributed by atoms with Gasteiger partial charge in [-0.3, -0.25) is 0 Å². The first-order chi connectivity index (χ1) is 10.6. The van der Waals surface area contributed by atoms with Crippen LogP contribution in [0.3, 0.4) is 0 Å². The monoisotopic (exact) mass is 430 g/mol. The van der Waals surface area contributed by atoms with Gasteiger partial charge in [0.2, 0.25) is 14.9 Å². The first kappa shape index (κ1) is 15.2. The molecule has 0 bridgehead atoms. The third kappa shape index (κ3) is 3.20. The van der Waals surface area contributed by atoms with Gasteiger partial charge >= 0.3 is 0 Å². The van der Waals surface area contributed by atoms with Crippen LogP contribution in [-0.2, 0) is 16.4 Å². The quantitative estimate of drug-likeness (QED) is 0.534. The molecule has 22 heavy (non-hydrogen) atoms. The van der Waals surface area contributed by atoms with E-state index >= 15 is 0 Å². The fourth-order valence-electron chi connectivity index (χ4n) is 1.93. The molecule has 0 fully saturated rings. The summed E-state index contributed by atoms with van der Waals surface area (Å²) in [4.78, 5) is 0.216. The highest BCUT2D eigenvalue weighted by atomic mass is 127. The van der Waals surface area contributed by atoms with Crippen molar-refractivity contribution in [2.75, 3.05) is 0 Å². The maximum Gasteiger partial charge on any atom is 0.227 e. The number of aromatic nitrogens is 3. The molecule has 2 aromatic rings. The molecule has 0 aliphatic carbocycles. The summed E-state index contributed by atoms with van der Waals surface area (Å²) in [6.07, 6.45) is 7.04. The Balaban J connectivity index is 1.84. The van der Waals surface area contributed by atoms with Gasteiger partial charge in [0.05, 0.1) is 11.1 Å². The van der Waals surface area contributed by atoms with Crippen LogP contribution in [0.4, 0.5) is 0 Å². The zero-order valence-corrected chi connectivity index (χ0v) is 14.3. The van der Waals surface area contributed by atoms with Crippen molar-refractivity contribution < 1.29 is 13.8 Å². The number of allylic oxidation sites excluding steroid dienone is 3. The van der Waals surface area contributed by atoms with Gasteiger partial charge in [0.15, 0.2) is 5.70 Å². The average molecular weight is 430 g/mol. The molecule has 1 aliphatic rings. The van der Waals surface area contributed by atoms with Gasteiger partial charge in [0.1, 0.15) is 6.54 Å². The smallest absolute Gasteiger partial charge is 0.227 e. The van der Waals surface area contributed by atoms with E-state index in [9.17, 15) is 8.42 Å². The SMILES string of the molecule is O=S(=O)(c1ccc(I)cc1)c1cn(CC2=CC=CN[NH2+]2)nn1. The average Bonchev–Trinajstić information content (AvgIpc) is 2.98. The van der Waals surface area contributed by atoms with E-state index in [1.807, 2.05) is 17.6 Å². The van der Waals surface area contributed by atoms with Gasteiger partial charge in [-0.1, -0.05) is 5.21 Å². The third-order valence-electron chi connectivity index (χ3n) is 3.03. The summed E-state index contributed by atoms with van der Waals surface area (Å²) in [5.74, 6) is 0. The summed E-state index contributed by atoms with van der Waals surface area (Å²) in [7, 11) is -3.63. The number of halogens is 1. The van der Waals surface area contributed by atoms with Crippen LogP contribution in [0.15, 0.2) is 64.4 Å². The molecule has 3 rings (SSSR count). The molecule has 2 heterocycles. The summed E-state index contributed by atoms with van der Waals surface area (Å²) >= 11 is 2.13. The molecule has 0 atom stereocenters. The topological polar surface area (TPSA) is 93.5 Å². The van der Waals surface area contributed by atoms with Gasteiger partial charge in [-0.2, -0.15) is 0 Å². The van der Waals surface area contributed by atoms with Crippen LogP contribution in [0.25, 0.3) is 0 Å². The molecule has 1 aromatic carbocycles. The van der Waals surface area contributed by atoms with Crippen LogP contribution in [0.1, 0.15) is 0 Å². The van der Waals surface area contributed by atoms with E-state index in [0.717, 1.165) is 9.27 Å². The van der Waals surface area contributed by atoms with E-state index in [-0.39, 0.29) is 9.92 Å². The maximum atomic E-state index is 12.5. The number of nitrogens with zero attached hydrogens (tertiary/aromatic N) is 3. The van der Waals surface area contributed by atoms with Crippen LogP contribution in [0.2, 0.25) is 0 Å². The lowest BCUT2D eigenvalue weighted by atomic mass is 10.3. The first-order valence-corrected chi connectivity index (χ1v) is 8.98. The van der Waals surface area contributed by atoms with Crippen LogP contribution in [0.5, 0.6) is 0 Å². The molecule has 9 heteroatoms.